The smallest absolute Gasteiger partial charge is 0.309 e. The monoisotopic (exact) mass is 387 g/mol. The van der Waals surface area contributed by atoms with Crippen molar-refractivity contribution in [1.82, 2.24) is 4.90 Å². The number of esters is 1. The van der Waals surface area contributed by atoms with Crippen LogP contribution in [0.5, 0.6) is 0 Å². The maximum atomic E-state index is 12.3. The first-order chi connectivity index (χ1) is 13.0. The minimum Gasteiger partial charge on any atom is -0.466 e. The van der Waals surface area contributed by atoms with Gasteiger partial charge in [0.25, 0.3) is 5.91 Å². The molecule has 0 atom stereocenters. The van der Waals surface area contributed by atoms with Gasteiger partial charge >= 0.3 is 5.97 Å². The summed E-state index contributed by atoms with van der Waals surface area (Å²) >= 11 is 1.41. The maximum absolute atomic E-state index is 12.3. The first-order valence-corrected chi connectivity index (χ1v) is 10.0. The van der Waals surface area contributed by atoms with Crippen molar-refractivity contribution in [3.63, 3.8) is 0 Å². The first kappa shape index (κ1) is 19.5. The second kappa shape index (κ2) is 8.61. The lowest BCUT2D eigenvalue weighted by Gasteiger charge is -2.31. The average molecular weight is 388 g/mol. The van der Waals surface area contributed by atoms with Crippen LogP contribution in [-0.4, -0.2) is 55.7 Å². The Morgan fingerprint density at radius 3 is 2.56 bits per heavy atom. The second-order valence-electron chi connectivity index (χ2n) is 6.81. The van der Waals surface area contributed by atoms with Gasteiger partial charge in [-0.2, -0.15) is 4.99 Å². The zero-order chi connectivity index (χ0) is 19.4. The van der Waals surface area contributed by atoms with Crippen LogP contribution >= 0.6 is 11.8 Å². The Hall–Kier alpha value is -2.28. The number of thioether (sulfide) groups is 1. The molecule has 27 heavy (non-hydrogen) atoms. The lowest BCUT2D eigenvalue weighted by molar-refractivity contribution is -0.149. The van der Waals surface area contributed by atoms with Crippen LogP contribution in [-0.2, 0) is 14.3 Å². The molecular formula is C20H25N3O3S. The summed E-state index contributed by atoms with van der Waals surface area (Å²) in [5.41, 5.74) is 2.10. The lowest BCUT2D eigenvalue weighted by Crippen LogP contribution is -2.39. The van der Waals surface area contributed by atoms with Crippen molar-refractivity contribution in [3.05, 3.63) is 34.7 Å². The van der Waals surface area contributed by atoms with Gasteiger partial charge in [-0.15, -0.1) is 0 Å². The number of aliphatic imine (C=N–C) groups is 1. The van der Waals surface area contributed by atoms with Crippen LogP contribution in [0.1, 0.15) is 25.3 Å². The van der Waals surface area contributed by atoms with Crippen molar-refractivity contribution in [1.29, 1.82) is 0 Å². The van der Waals surface area contributed by atoms with Crippen molar-refractivity contribution in [2.24, 2.45) is 10.9 Å². The first-order valence-electron chi connectivity index (χ1n) is 9.19. The summed E-state index contributed by atoms with van der Waals surface area (Å²) in [6, 6.07) is 8.05. The van der Waals surface area contributed by atoms with E-state index in [-0.39, 0.29) is 17.8 Å². The summed E-state index contributed by atoms with van der Waals surface area (Å²) in [5.74, 6) is -0.357. The molecular weight excluding hydrogens is 362 g/mol. The zero-order valence-electron chi connectivity index (χ0n) is 16.0. The SMILES string of the molecule is CCOC(=O)C1CCN(C2=NC(=O)C(=Cc3ccc(N(C)C)cc3)S2)CC1. The number of nitrogens with zero attached hydrogens (tertiary/aromatic N) is 3. The molecule has 1 amide bonds. The van der Waals surface area contributed by atoms with Crippen LogP contribution in [0, 0.1) is 5.92 Å². The molecule has 2 heterocycles. The fourth-order valence-corrected chi connectivity index (χ4v) is 4.08. The van der Waals surface area contributed by atoms with E-state index >= 15 is 0 Å². The Morgan fingerprint density at radius 2 is 1.96 bits per heavy atom. The number of amidine groups is 1. The minimum atomic E-state index is -0.195. The van der Waals surface area contributed by atoms with Gasteiger partial charge in [0, 0.05) is 32.9 Å². The number of hydrogen-bond donors (Lipinski definition) is 0. The minimum absolute atomic E-state index is 0.0471. The Labute approximate surface area is 164 Å². The fraction of sp³-hybridized carbons (Fsp3) is 0.450. The highest BCUT2D eigenvalue weighted by molar-refractivity contribution is 8.18. The number of benzene rings is 1. The van der Waals surface area contributed by atoms with E-state index in [9.17, 15) is 9.59 Å². The molecule has 0 aliphatic carbocycles. The molecule has 6 nitrogen and oxygen atoms in total. The van der Waals surface area contributed by atoms with Crippen molar-refractivity contribution < 1.29 is 14.3 Å². The number of likely N-dealkylation sites (tertiary alicyclic amines) is 1. The standard InChI is InChI=1S/C20H25N3O3S/c1-4-26-19(25)15-9-11-23(12-10-15)20-21-18(24)17(27-20)13-14-5-7-16(8-6-14)22(2)3/h5-8,13,15H,4,9-12H2,1-3H3. The Bertz CT molecular complexity index is 763. The molecule has 0 spiro atoms. The van der Waals surface area contributed by atoms with E-state index in [1.165, 1.54) is 11.8 Å². The van der Waals surface area contributed by atoms with Crippen LogP contribution < -0.4 is 4.90 Å². The van der Waals surface area contributed by atoms with Crippen LogP contribution in [0.4, 0.5) is 5.69 Å². The highest BCUT2D eigenvalue weighted by atomic mass is 32.2. The van der Waals surface area contributed by atoms with E-state index in [2.05, 4.69) is 9.89 Å². The molecule has 7 heteroatoms. The molecule has 0 N–H and O–H groups in total. The molecule has 0 radical (unpaired) electrons. The molecule has 0 unspecified atom stereocenters. The van der Waals surface area contributed by atoms with Gasteiger partial charge in [0.05, 0.1) is 17.4 Å². The molecule has 0 bridgehead atoms. The van der Waals surface area contributed by atoms with Crippen molar-refractivity contribution >= 4 is 40.6 Å². The average Bonchev–Trinajstić information content (AvgIpc) is 3.03. The number of carbonyl (C=O) groups is 2. The lowest BCUT2D eigenvalue weighted by atomic mass is 9.97. The molecule has 3 rings (SSSR count). The van der Waals surface area contributed by atoms with E-state index in [1.807, 2.05) is 56.3 Å². The van der Waals surface area contributed by atoms with E-state index in [0.29, 0.717) is 24.6 Å². The summed E-state index contributed by atoms with van der Waals surface area (Å²) in [6.45, 7) is 3.67. The van der Waals surface area contributed by atoms with Crippen molar-refractivity contribution in [2.75, 3.05) is 38.7 Å². The number of hydrogen-bond acceptors (Lipinski definition) is 6. The number of ether oxygens (including phenoxy) is 1. The molecule has 2 aliphatic rings. The van der Waals surface area contributed by atoms with Crippen LogP contribution in [0.15, 0.2) is 34.2 Å². The van der Waals surface area contributed by atoms with Gasteiger partial charge < -0.3 is 14.5 Å². The topological polar surface area (TPSA) is 62.2 Å². The molecule has 0 aromatic heterocycles. The summed E-state index contributed by atoms with van der Waals surface area (Å²) in [6.07, 6.45) is 3.35. The largest absolute Gasteiger partial charge is 0.466 e. The molecule has 1 aromatic rings. The number of anilines is 1. The van der Waals surface area contributed by atoms with Gasteiger partial charge in [-0.1, -0.05) is 12.1 Å². The predicted octanol–water partition coefficient (Wildman–Crippen LogP) is 3.00. The molecule has 1 aromatic carbocycles. The van der Waals surface area contributed by atoms with Gasteiger partial charge in [-0.3, -0.25) is 9.59 Å². The number of rotatable bonds is 4. The fourth-order valence-electron chi connectivity index (χ4n) is 3.12. The Balaban J connectivity index is 1.60. The molecule has 144 valence electrons. The van der Waals surface area contributed by atoms with Gasteiger partial charge in [0.15, 0.2) is 5.17 Å². The Morgan fingerprint density at radius 1 is 1.30 bits per heavy atom. The van der Waals surface area contributed by atoms with E-state index in [1.54, 1.807) is 0 Å². The third-order valence-electron chi connectivity index (χ3n) is 4.70. The molecule has 2 aliphatic heterocycles. The Kier molecular flexibility index (Phi) is 6.21. The van der Waals surface area contributed by atoms with E-state index < -0.39 is 0 Å². The molecule has 0 saturated carbocycles. The normalized spacial score (nSPS) is 19.4. The number of carbonyl (C=O) groups excluding carboxylic acids is 2. The third kappa shape index (κ3) is 4.71. The highest BCUT2D eigenvalue weighted by Gasteiger charge is 2.31. The number of amides is 1. The van der Waals surface area contributed by atoms with Crippen LogP contribution in [0.2, 0.25) is 0 Å². The van der Waals surface area contributed by atoms with Gasteiger partial charge in [0.2, 0.25) is 0 Å². The molecule has 1 fully saturated rings. The van der Waals surface area contributed by atoms with Gasteiger partial charge in [0.1, 0.15) is 0 Å². The second-order valence-corrected chi connectivity index (χ2v) is 7.82. The van der Waals surface area contributed by atoms with Gasteiger partial charge in [-0.05, 0) is 55.3 Å². The van der Waals surface area contributed by atoms with Gasteiger partial charge in [-0.25, -0.2) is 0 Å². The summed E-state index contributed by atoms with van der Waals surface area (Å²) in [4.78, 5) is 33.1. The number of piperidine rings is 1. The summed E-state index contributed by atoms with van der Waals surface area (Å²) in [5, 5.41) is 0.735. The van der Waals surface area contributed by atoms with Crippen molar-refractivity contribution in [2.45, 2.75) is 19.8 Å². The third-order valence-corrected chi connectivity index (χ3v) is 5.75. The van der Waals surface area contributed by atoms with E-state index in [4.69, 9.17) is 4.74 Å². The summed E-state index contributed by atoms with van der Waals surface area (Å²) in [7, 11) is 3.99. The van der Waals surface area contributed by atoms with E-state index in [0.717, 1.165) is 29.3 Å². The predicted molar refractivity (Wildman–Crippen MR) is 110 cm³/mol. The maximum Gasteiger partial charge on any atom is 0.309 e. The van der Waals surface area contributed by atoms with Crippen LogP contribution in [0.3, 0.4) is 0 Å². The van der Waals surface area contributed by atoms with Crippen molar-refractivity contribution in [3.8, 4) is 0 Å². The highest BCUT2D eigenvalue weighted by Crippen LogP contribution is 2.32. The van der Waals surface area contributed by atoms with Crippen LogP contribution in [0.25, 0.3) is 6.08 Å². The molecule has 1 saturated heterocycles. The quantitative estimate of drug-likeness (QED) is 0.585. The summed E-state index contributed by atoms with van der Waals surface area (Å²) < 4.78 is 5.11. The zero-order valence-corrected chi connectivity index (χ0v) is 16.8.